The molecule has 0 spiro atoms. The highest BCUT2D eigenvalue weighted by atomic mass is 16.6. The third kappa shape index (κ3) is 3.06. The number of carbonyl (C=O) groups is 1. The van der Waals surface area contributed by atoms with Crippen LogP contribution in [0.2, 0.25) is 0 Å². The van der Waals surface area contributed by atoms with E-state index in [0.29, 0.717) is 17.1 Å². The summed E-state index contributed by atoms with van der Waals surface area (Å²) in [5.41, 5.74) is 6.50. The summed E-state index contributed by atoms with van der Waals surface area (Å²) in [5, 5.41) is 22.6. The number of aromatic nitrogens is 1. The molecule has 1 heterocycles. The Hall–Kier alpha value is -3.16. The number of carboxylic acids is 1. The van der Waals surface area contributed by atoms with E-state index in [-0.39, 0.29) is 17.1 Å². The molecule has 0 aliphatic rings. The molecular formula is C13H12N4O4. The Bertz CT molecular complexity index is 730. The van der Waals surface area contributed by atoms with Crippen LogP contribution in [0.4, 0.5) is 23.0 Å². The van der Waals surface area contributed by atoms with Crippen LogP contribution in [-0.4, -0.2) is 21.0 Å². The maximum Gasteiger partial charge on any atom is 0.336 e. The number of benzene rings is 1. The lowest BCUT2D eigenvalue weighted by molar-refractivity contribution is -0.384. The highest BCUT2D eigenvalue weighted by molar-refractivity contribution is 5.90. The van der Waals surface area contributed by atoms with Crippen molar-refractivity contribution >= 4 is 29.0 Å². The molecule has 0 unspecified atom stereocenters. The normalized spacial score (nSPS) is 10.1. The Balaban J connectivity index is 2.30. The second kappa shape index (κ2) is 5.45. The highest BCUT2D eigenvalue weighted by Gasteiger charge is 2.13. The molecule has 1 aromatic heterocycles. The predicted molar refractivity (Wildman–Crippen MR) is 76.7 cm³/mol. The molecule has 0 radical (unpaired) electrons. The number of aryl methyl sites for hydroxylation is 1. The Morgan fingerprint density at radius 2 is 2.10 bits per heavy atom. The van der Waals surface area contributed by atoms with Crippen LogP contribution in [-0.2, 0) is 0 Å². The van der Waals surface area contributed by atoms with Crippen molar-refractivity contribution in [1.82, 2.24) is 4.98 Å². The smallest absolute Gasteiger partial charge is 0.336 e. The molecule has 0 fully saturated rings. The zero-order valence-corrected chi connectivity index (χ0v) is 11.0. The van der Waals surface area contributed by atoms with Gasteiger partial charge in [0.25, 0.3) is 0 Å². The molecule has 0 saturated heterocycles. The molecule has 2 aromatic rings. The first-order valence-electron chi connectivity index (χ1n) is 5.90. The number of nitrogen functional groups attached to an aromatic ring is 1. The van der Waals surface area contributed by atoms with E-state index in [2.05, 4.69) is 10.3 Å². The molecule has 2 rings (SSSR count). The number of rotatable bonds is 4. The van der Waals surface area contributed by atoms with Crippen LogP contribution in [0.3, 0.4) is 0 Å². The van der Waals surface area contributed by atoms with Gasteiger partial charge in [-0.3, -0.25) is 10.1 Å². The van der Waals surface area contributed by atoms with Crippen LogP contribution in [0, 0.1) is 17.0 Å². The first-order chi connectivity index (χ1) is 9.88. The summed E-state index contributed by atoms with van der Waals surface area (Å²) in [5.74, 6) is -0.957. The molecule has 0 bridgehead atoms. The Morgan fingerprint density at radius 3 is 2.67 bits per heavy atom. The summed E-state index contributed by atoms with van der Waals surface area (Å²) in [7, 11) is 0. The van der Waals surface area contributed by atoms with Gasteiger partial charge in [-0.25, -0.2) is 9.78 Å². The molecule has 8 heteroatoms. The first kappa shape index (κ1) is 14.3. The van der Waals surface area contributed by atoms with Crippen molar-refractivity contribution in [3.05, 3.63) is 51.6 Å². The van der Waals surface area contributed by atoms with Gasteiger partial charge in [0.1, 0.15) is 5.82 Å². The van der Waals surface area contributed by atoms with Crippen molar-refractivity contribution < 1.29 is 14.8 Å². The molecule has 108 valence electrons. The molecule has 21 heavy (non-hydrogen) atoms. The van der Waals surface area contributed by atoms with Gasteiger partial charge in [0.2, 0.25) is 5.82 Å². The number of nitrogens with one attached hydrogen (secondary N) is 1. The van der Waals surface area contributed by atoms with Crippen molar-refractivity contribution in [1.29, 1.82) is 0 Å². The minimum absolute atomic E-state index is 0.162. The Kier molecular flexibility index (Phi) is 3.70. The average molecular weight is 288 g/mol. The molecule has 0 saturated carbocycles. The van der Waals surface area contributed by atoms with Crippen LogP contribution in [0.25, 0.3) is 0 Å². The Labute approximate surface area is 119 Å². The number of hydrogen-bond acceptors (Lipinski definition) is 6. The number of hydrogen-bond donors (Lipinski definition) is 3. The molecule has 0 amide bonds. The van der Waals surface area contributed by atoms with Crippen molar-refractivity contribution in [3.63, 3.8) is 0 Å². The van der Waals surface area contributed by atoms with Crippen LogP contribution in [0.5, 0.6) is 0 Å². The fourth-order valence-electron chi connectivity index (χ4n) is 1.77. The van der Waals surface area contributed by atoms with Gasteiger partial charge in [-0.1, -0.05) is 6.07 Å². The van der Waals surface area contributed by atoms with E-state index < -0.39 is 10.9 Å². The standard InChI is InChI=1S/C13H12N4O4/c1-7-2-3-8(6-9(7)13(18)19)15-11-5-4-10(17(20)21)12(14)16-11/h2-6H,1H3,(H,18,19)(H3,14,15,16). The van der Waals surface area contributed by atoms with Gasteiger partial charge in [0.15, 0.2) is 0 Å². The largest absolute Gasteiger partial charge is 0.478 e. The maximum atomic E-state index is 11.1. The zero-order chi connectivity index (χ0) is 15.6. The lowest BCUT2D eigenvalue weighted by Crippen LogP contribution is -2.03. The van der Waals surface area contributed by atoms with E-state index in [1.54, 1.807) is 19.1 Å². The van der Waals surface area contributed by atoms with Crippen LogP contribution < -0.4 is 11.1 Å². The summed E-state index contributed by atoms with van der Waals surface area (Å²) < 4.78 is 0. The summed E-state index contributed by atoms with van der Waals surface area (Å²) in [4.78, 5) is 24.9. The minimum Gasteiger partial charge on any atom is -0.478 e. The average Bonchev–Trinajstić information content (AvgIpc) is 2.40. The summed E-state index contributed by atoms with van der Waals surface area (Å²) in [6.45, 7) is 1.69. The van der Waals surface area contributed by atoms with Gasteiger partial charge in [0, 0.05) is 11.8 Å². The summed E-state index contributed by atoms with van der Waals surface area (Å²) >= 11 is 0. The molecular weight excluding hydrogens is 276 g/mol. The second-order valence-corrected chi connectivity index (χ2v) is 4.32. The number of carboxylic acid groups (broad SMARTS) is 1. The summed E-state index contributed by atoms with van der Waals surface area (Å²) in [6.07, 6.45) is 0. The van der Waals surface area contributed by atoms with E-state index in [1.807, 2.05) is 0 Å². The van der Waals surface area contributed by atoms with Crippen LogP contribution in [0.1, 0.15) is 15.9 Å². The van der Waals surface area contributed by atoms with Gasteiger partial charge in [0.05, 0.1) is 10.5 Å². The maximum absolute atomic E-state index is 11.1. The molecule has 1 aromatic carbocycles. The lowest BCUT2D eigenvalue weighted by atomic mass is 10.1. The lowest BCUT2D eigenvalue weighted by Gasteiger charge is -2.08. The Morgan fingerprint density at radius 1 is 1.38 bits per heavy atom. The number of nitrogens with zero attached hydrogens (tertiary/aromatic N) is 2. The molecule has 0 aliphatic carbocycles. The fourth-order valence-corrected chi connectivity index (χ4v) is 1.77. The third-order valence-corrected chi connectivity index (χ3v) is 2.84. The minimum atomic E-state index is -1.03. The molecule has 8 nitrogen and oxygen atoms in total. The SMILES string of the molecule is Cc1ccc(Nc2ccc([N+](=O)[O-])c(N)n2)cc1C(=O)O. The van der Waals surface area contributed by atoms with Crippen LogP contribution >= 0.6 is 0 Å². The number of nitro groups is 1. The number of aromatic carboxylic acids is 1. The van der Waals surface area contributed by atoms with Gasteiger partial charge < -0.3 is 16.2 Å². The predicted octanol–water partition coefficient (Wildman–Crippen LogP) is 2.32. The molecule has 0 atom stereocenters. The van der Waals surface area contributed by atoms with Crippen molar-refractivity contribution in [3.8, 4) is 0 Å². The second-order valence-electron chi connectivity index (χ2n) is 4.32. The number of nitrogens with two attached hydrogens (primary N) is 1. The van der Waals surface area contributed by atoms with E-state index >= 15 is 0 Å². The van der Waals surface area contributed by atoms with E-state index in [9.17, 15) is 14.9 Å². The van der Waals surface area contributed by atoms with Crippen molar-refractivity contribution in [2.75, 3.05) is 11.1 Å². The van der Waals surface area contributed by atoms with Gasteiger partial charge in [-0.2, -0.15) is 0 Å². The fraction of sp³-hybridized carbons (Fsp3) is 0.0769. The van der Waals surface area contributed by atoms with E-state index in [0.717, 1.165) is 0 Å². The van der Waals surface area contributed by atoms with Gasteiger partial charge in [-0.15, -0.1) is 0 Å². The van der Waals surface area contributed by atoms with E-state index in [1.165, 1.54) is 18.2 Å². The number of pyridine rings is 1. The molecule has 0 aliphatic heterocycles. The van der Waals surface area contributed by atoms with Gasteiger partial charge in [-0.05, 0) is 30.7 Å². The monoisotopic (exact) mass is 288 g/mol. The quantitative estimate of drug-likeness (QED) is 0.581. The summed E-state index contributed by atoms with van der Waals surface area (Å²) in [6, 6.07) is 7.42. The molecule has 4 N–H and O–H groups in total. The van der Waals surface area contributed by atoms with Crippen molar-refractivity contribution in [2.45, 2.75) is 6.92 Å². The third-order valence-electron chi connectivity index (χ3n) is 2.84. The zero-order valence-electron chi connectivity index (χ0n) is 11.0. The van der Waals surface area contributed by atoms with E-state index in [4.69, 9.17) is 10.8 Å². The van der Waals surface area contributed by atoms with Crippen molar-refractivity contribution in [2.24, 2.45) is 0 Å². The topological polar surface area (TPSA) is 131 Å². The van der Waals surface area contributed by atoms with Gasteiger partial charge >= 0.3 is 11.7 Å². The van der Waals surface area contributed by atoms with Crippen LogP contribution in [0.15, 0.2) is 30.3 Å². The highest BCUT2D eigenvalue weighted by Crippen LogP contribution is 2.24. The number of anilines is 3. The first-order valence-corrected chi connectivity index (χ1v) is 5.90.